The summed E-state index contributed by atoms with van der Waals surface area (Å²) in [6.45, 7) is 0.419. The number of hydrogen-bond donors (Lipinski definition) is 1. The van der Waals surface area contributed by atoms with Crippen LogP contribution in [0, 0.1) is 5.41 Å². The Labute approximate surface area is 156 Å². The maximum absolute atomic E-state index is 12.5. The average Bonchev–Trinajstić information content (AvgIpc) is 3.07. The SMILES string of the molecule is COCC1(C(=O)O)CCN(C(=O)COc2ccc(Cl)c3ccccc23)C1. The molecule has 7 heteroatoms. The first kappa shape index (κ1) is 18.5. The van der Waals surface area contributed by atoms with Gasteiger partial charge >= 0.3 is 5.97 Å². The second kappa shape index (κ2) is 7.51. The summed E-state index contributed by atoms with van der Waals surface area (Å²) >= 11 is 6.19. The van der Waals surface area contributed by atoms with Crippen molar-refractivity contribution in [3.8, 4) is 5.75 Å². The van der Waals surface area contributed by atoms with Crippen molar-refractivity contribution in [3.63, 3.8) is 0 Å². The predicted octanol–water partition coefficient (Wildman–Crippen LogP) is 2.82. The van der Waals surface area contributed by atoms with Gasteiger partial charge < -0.3 is 19.5 Å². The highest BCUT2D eigenvalue weighted by Crippen LogP contribution is 2.33. The predicted molar refractivity (Wildman–Crippen MR) is 97.6 cm³/mol. The highest BCUT2D eigenvalue weighted by atomic mass is 35.5. The molecule has 0 bridgehead atoms. The van der Waals surface area contributed by atoms with Gasteiger partial charge in [0.1, 0.15) is 11.2 Å². The summed E-state index contributed by atoms with van der Waals surface area (Å²) in [6.07, 6.45) is 0.367. The van der Waals surface area contributed by atoms with Gasteiger partial charge in [-0.15, -0.1) is 0 Å². The number of nitrogens with zero attached hydrogens (tertiary/aromatic N) is 1. The summed E-state index contributed by atoms with van der Waals surface area (Å²) in [7, 11) is 1.46. The van der Waals surface area contributed by atoms with Gasteiger partial charge in [-0.25, -0.2) is 0 Å². The highest BCUT2D eigenvalue weighted by Gasteiger charge is 2.46. The van der Waals surface area contributed by atoms with Crippen molar-refractivity contribution in [2.45, 2.75) is 6.42 Å². The number of hydrogen-bond acceptors (Lipinski definition) is 4. The molecular weight excluding hydrogens is 358 g/mol. The van der Waals surface area contributed by atoms with Crippen LogP contribution in [0.3, 0.4) is 0 Å². The highest BCUT2D eigenvalue weighted by molar-refractivity contribution is 6.35. The van der Waals surface area contributed by atoms with E-state index in [9.17, 15) is 14.7 Å². The Morgan fingerprint density at radius 3 is 2.65 bits per heavy atom. The van der Waals surface area contributed by atoms with Crippen molar-refractivity contribution in [2.24, 2.45) is 5.41 Å². The monoisotopic (exact) mass is 377 g/mol. The Morgan fingerprint density at radius 2 is 1.96 bits per heavy atom. The van der Waals surface area contributed by atoms with Crippen molar-refractivity contribution in [3.05, 3.63) is 41.4 Å². The molecule has 2 aromatic rings. The van der Waals surface area contributed by atoms with E-state index in [-0.39, 0.29) is 25.7 Å². The van der Waals surface area contributed by atoms with Crippen molar-refractivity contribution < 1.29 is 24.2 Å². The third kappa shape index (κ3) is 3.48. The maximum atomic E-state index is 12.5. The zero-order valence-corrected chi connectivity index (χ0v) is 15.2. The van der Waals surface area contributed by atoms with Gasteiger partial charge in [-0.05, 0) is 18.6 Å². The van der Waals surface area contributed by atoms with E-state index in [1.54, 1.807) is 12.1 Å². The average molecular weight is 378 g/mol. The van der Waals surface area contributed by atoms with E-state index in [0.29, 0.717) is 23.7 Å². The molecule has 0 spiro atoms. The lowest BCUT2D eigenvalue weighted by Crippen LogP contribution is -2.41. The van der Waals surface area contributed by atoms with Gasteiger partial charge in [-0.1, -0.05) is 35.9 Å². The molecule has 1 fully saturated rings. The number of amides is 1. The van der Waals surface area contributed by atoms with Crippen molar-refractivity contribution in [1.29, 1.82) is 0 Å². The second-order valence-corrected chi connectivity index (χ2v) is 6.87. The number of carbonyl (C=O) groups is 2. The fourth-order valence-electron chi connectivity index (χ4n) is 3.31. The number of rotatable bonds is 6. The minimum Gasteiger partial charge on any atom is -0.483 e. The van der Waals surface area contributed by atoms with Gasteiger partial charge in [0, 0.05) is 36.0 Å². The van der Waals surface area contributed by atoms with E-state index in [0.717, 1.165) is 10.8 Å². The molecule has 1 unspecified atom stereocenters. The number of ether oxygens (including phenoxy) is 2. The van der Waals surface area contributed by atoms with Crippen LogP contribution in [-0.4, -0.2) is 55.3 Å². The minimum absolute atomic E-state index is 0.0782. The number of benzene rings is 2. The smallest absolute Gasteiger partial charge is 0.313 e. The zero-order valence-electron chi connectivity index (χ0n) is 14.4. The Morgan fingerprint density at radius 1 is 1.23 bits per heavy atom. The molecular formula is C19H20ClNO5. The van der Waals surface area contributed by atoms with Crippen LogP contribution in [0.4, 0.5) is 0 Å². The van der Waals surface area contributed by atoms with Gasteiger partial charge in [0.25, 0.3) is 5.91 Å². The molecule has 1 aliphatic heterocycles. The van der Waals surface area contributed by atoms with Crippen LogP contribution in [0.5, 0.6) is 5.75 Å². The molecule has 2 aromatic carbocycles. The quantitative estimate of drug-likeness (QED) is 0.837. The molecule has 1 amide bonds. The number of likely N-dealkylation sites (tertiary alicyclic amines) is 1. The number of halogens is 1. The molecule has 138 valence electrons. The van der Waals surface area contributed by atoms with Crippen molar-refractivity contribution >= 4 is 34.2 Å². The first-order valence-corrected chi connectivity index (χ1v) is 8.65. The third-order valence-corrected chi connectivity index (χ3v) is 5.09. The lowest BCUT2D eigenvalue weighted by atomic mass is 9.88. The van der Waals surface area contributed by atoms with E-state index in [1.807, 2.05) is 24.3 Å². The maximum Gasteiger partial charge on any atom is 0.313 e. The van der Waals surface area contributed by atoms with E-state index in [4.69, 9.17) is 21.1 Å². The van der Waals surface area contributed by atoms with Gasteiger partial charge in [-0.3, -0.25) is 9.59 Å². The molecule has 0 saturated carbocycles. The lowest BCUT2D eigenvalue weighted by Gasteiger charge is -2.23. The van der Waals surface area contributed by atoms with Gasteiger partial charge in [0.15, 0.2) is 6.61 Å². The van der Waals surface area contributed by atoms with Gasteiger partial charge in [0.2, 0.25) is 0 Å². The lowest BCUT2D eigenvalue weighted by molar-refractivity contribution is -0.151. The van der Waals surface area contributed by atoms with Crippen LogP contribution < -0.4 is 4.74 Å². The molecule has 0 aromatic heterocycles. The topological polar surface area (TPSA) is 76.1 Å². The Hall–Kier alpha value is -2.31. The van der Waals surface area contributed by atoms with E-state index < -0.39 is 11.4 Å². The number of carboxylic acids is 1. The molecule has 0 radical (unpaired) electrons. The molecule has 1 saturated heterocycles. The summed E-state index contributed by atoms with van der Waals surface area (Å²) in [6, 6.07) is 11.0. The van der Waals surface area contributed by atoms with Gasteiger partial charge in [-0.2, -0.15) is 0 Å². The summed E-state index contributed by atoms with van der Waals surface area (Å²) in [4.78, 5) is 25.6. The van der Waals surface area contributed by atoms with Crippen LogP contribution in [0.15, 0.2) is 36.4 Å². The first-order valence-electron chi connectivity index (χ1n) is 8.27. The molecule has 1 heterocycles. The Bertz CT molecular complexity index is 840. The zero-order chi connectivity index (χ0) is 18.7. The van der Waals surface area contributed by atoms with Crippen molar-refractivity contribution in [1.82, 2.24) is 4.90 Å². The normalized spacial score (nSPS) is 19.7. The molecule has 1 atom stereocenters. The fourth-order valence-corrected chi connectivity index (χ4v) is 3.53. The number of carbonyl (C=O) groups excluding carboxylic acids is 1. The van der Waals surface area contributed by atoms with E-state index in [1.165, 1.54) is 12.0 Å². The third-order valence-electron chi connectivity index (χ3n) is 4.76. The summed E-state index contributed by atoms with van der Waals surface area (Å²) in [5.41, 5.74) is -1.04. The van der Waals surface area contributed by atoms with Crippen LogP contribution in [0.2, 0.25) is 5.02 Å². The molecule has 1 aliphatic rings. The number of carboxylic acid groups (broad SMARTS) is 1. The molecule has 1 N–H and O–H groups in total. The second-order valence-electron chi connectivity index (χ2n) is 6.46. The van der Waals surface area contributed by atoms with Crippen LogP contribution >= 0.6 is 11.6 Å². The van der Waals surface area contributed by atoms with Gasteiger partial charge in [0.05, 0.1) is 6.61 Å². The molecule has 6 nitrogen and oxygen atoms in total. The summed E-state index contributed by atoms with van der Waals surface area (Å²) in [5.74, 6) is -0.624. The molecule has 3 rings (SSSR count). The van der Waals surface area contributed by atoms with Crippen LogP contribution in [0.25, 0.3) is 10.8 Å². The minimum atomic E-state index is -1.04. The number of aliphatic carboxylic acids is 1. The summed E-state index contributed by atoms with van der Waals surface area (Å²) in [5, 5.41) is 11.8. The first-order chi connectivity index (χ1) is 12.5. The standard InChI is InChI=1S/C19H20ClNO5/c1-25-12-19(18(23)24)8-9-21(11-19)17(22)10-26-16-7-6-15(20)13-4-2-3-5-14(13)16/h2-7H,8-12H2,1H3,(H,23,24). The Balaban J connectivity index is 1.69. The molecule has 0 aliphatic carbocycles. The summed E-state index contributed by atoms with van der Waals surface area (Å²) < 4.78 is 10.8. The number of fused-ring (bicyclic) bond motifs is 1. The van der Waals surface area contributed by atoms with Crippen molar-refractivity contribution in [2.75, 3.05) is 33.4 Å². The van der Waals surface area contributed by atoms with Crippen LogP contribution in [0.1, 0.15) is 6.42 Å². The van der Waals surface area contributed by atoms with E-state index >= 15 is 0 Å². The number of methoxy groups -OCH3 is 1. The fraction of sp³-hybridized carbons (Fsp3) is 0.368. The molecule has 26 heavy (non-hydrogen) atoms. The van der Waals surface area contributed by atoms with Crippen LogP contribution in [-0.2, 0) is 14.3 Å². The largest absolute Gasteiger partial charge is 0.483 e. The Kier molecular flexibility index (Phi) is 5.34. The van der Waals surface area contributed by atoms with E-state index in [2.05, 4.69) is 0 Å².